The average Bonchev–Trinajstić information content (AvgIpc) is 2.29. The molecule has 0 amide bonds. The second-order valence-corrected chi connectivity index (χ2v) is 4.41. The number of hydrogen-bond donors (Lipinski definition) is 2. The molecule has 0 bridgehead atoms. The molecular formula is C13H18F3NO. The summed E-state index contributed by atoms with van der Waals surface area (Å²) in [5.41, 5.74) is -0.777. The van der Waals surface area contributed by atoms with Gasteiger partial charge in [-0.2, -0.15) is 13.2 Å². The van der Waals surface area contributed by atoms with Crippen molar-refractivity contribution >= 4 is 0 Å². The summed E-state index contributed by atoms with van der Waals surface area (Å²) < 4.78 is 38.0. The van der Waals surface area contributed by atoms with E-state index in [0.29, 0.717) is 18.5 Å². The van der Waals surface area contributed by atoms with Crippen molar-refractivity contribution in [3.63, 3.8) is 0 Å². The van der Waals surface area contributed by atoms with Crippen LogP contribution in [0.2, 0.25) is 0 Å². The Labute approximate surface area is 105 Å². The highest BCUT2D eigenvalue weighted by Crippen LogP contribution is 2.33. The Hall–Kier alpha value is -1.07. The lowest BCUT2D eigenvalue weighted by Crippen LogP contribution is -2.40. The molecule has 0 heterocycles. The third-order valence-electron chi connectivity index (χ3n) is 3.01. The number of aliphatic hydroxyl groups is 1. The van der Waals surface area contributed by atoms with Gasteiger partial charge in [0.05, 0.1) is 5.56 Å². The maximum absolute atomic E-state index is 12.7. The molecule has 0 aromatic heterocycles. The van der Waals surface area contributed by atoms with Crippen LogP contribution < -0.4 is 5.32 Å². The molecule has 2 N–H and O–H groups in total. The predicted molar refractivity (Wildman–Crippen MR) is 64.2 cm³/mol. The fraction of sp³-hybridized carbons (Fsp3) is 0.538. The van der Waals surface area contributed by atoms with Gasteiger partial charge in [-0.3, -0.25) is 0 Å². The van der Waals surface area contributed by atoms with E-state index < -0.39 is 17.3 Å². The van der Waals surface area contributed by atoms with Gasteiger partial charge in [-0.25, -0.2) is 0 Å². The van der Waals surface area contributed by atoms with Crippen LogP contribution in [0.5, 0.6) is 0 Å². The van der Waals surface area contributed by atoms with Crippen LogP contribution in [0, 0.1) is 0 Å². The minimum absolute atomic E-state index is 0.0836. The van der Waals surface area contributed by atoms with Crippen LogP contribution >= 0.6 is 0 Å². The second-order valence-electron chi connectivity index (χ2n) is 4.41. The zero-order valence-electron chi connectivity index (χ0n) is 10.5. The molecule has 0 spiro atoms. The maximum Gasteiger partial charge on any atom is 0.416 e. The van der Waals surface area contributed by atoms with Crippen molar-refractivity contribution in [3.8, 4) is 0 Å². The minimum atomic E-state index is -4.34. The Morgan fingerprint density at radius 1 is 1.22 bits per heavy atom. The lowest BCUT2D eigenvalue weighted by Gasteiger charge is -2.31. The van der Waals surface area contributed by atoms with E-state index in [0.717, 1.165) is 12.1 Å². The fourth-order valence-corrected chi connectivity index (χ4v) is 1.99. The molecule has 1 rings (SSSR count). The van der Waals surface area contributed by atoms with Gasteiger partial charge < -0.3 is 10.4 Å². The summed E-state index contributed by atoms with van der Waals surface area (Å²) in [5.74, 6) is 0. The molecule has 0 saturated heterocycles. The lowest BCUT2D eigenvalue weighted by atomic mass is 9.87. The molecule has 18 heavy (non-hydrogen) atoms. The molecule has 102 valence electrons. The summed E-state index contributed by atoms with van der Waals surface area (Å²) >= 11 is 0. The lowest BCUT2D eigenvalue weighted by molar-refractivity contribution is -0.137. The first-order chi connectivity index (χ1) is 8.33. The van der Waals surface area contributed by atoms with Gasteiger partial charge in [0.25, 0.3) is 0 Å². The molecular weight excluding hydrogens is 243 g/mol. The fourth-order valence-electron chi connectivity index (χ4n) is 1.99. The van der Waals surface area contributed by atoms with Crippen LogP contribution in [0.25, 0.3) is 0 Å². The van der Waals surface area contributed by atoms with Crippen LogP contribution in [0.3, 0.4) is 0 Å². The third-order valence-corrected chi connectivity index (χ3v) is 3.01. The number of nitrogens with one attached hydrogen (secondary N) is 1. The van der Waals surface area contributed by atoms with Gasteiger partial charge in [0.15, 0.2) is 0 Å². The third kappa shape index (κ3) is 3.46. The van der Waals surface area contributed by atoms with E-state index in [2.05, 4.69) is 5.32 Å². The van der Waals surface area contributed by atoms with Crippen molar-refractivity contribution < 1.29 is 18.3 Å². The highest BCUT2D eigenvalue weighted by molar-refractivity contribution is 5.30. The van der Waals surface area contributed by atoms with Crippen molar-refractivity contribution in [1.82, 2.24) is 5.32 Å². The Bertz CT molecular complexity index is 384. The zero-order valence-corrected chi connectivity index (χ0v) is 10.5. The summed E-state index contributed by atoms with van der Waals surface area (Å²) in [4.78, 5) is 0. The Morgan fingerprint density at radius 3 is 2.33 bits per heavy atom. The Morgan fingerprint density at radius 2 is 1.83 bits per heavy atom. The summed E-state index contributed by atoms with van der Waals surface area (Å²) in [6.45, 7) is 4.21. The quantitative estimate of drug-likeness (QED) is 0.854. The molecule has 5 heteroatoms. The number of rotatable bonds is 5. The molecule has 0 aliphatic rings. The van der Waals surface area contributed by atoms with E-state index in [1.807, 2.05) is 6.92 Å². The van der Waals surface area contributed by atoms with Crippen LogP contribution in [0.15, 0.2) is 24.3 Å². The molecule has 1 aromatic rings. The predicted octanol–water partition coefficient (Wildman–Crippen LogP) is 2.91. The Balaban J connectivity index is 3.13. The topological polar surface area (TPSA) is 32.3 Å². The maximum atomic E-state index is 12.7. The van der Waals surface area contributed by atoms with E-state index in [-0.39, 0.29) is 6.61 Å². The average molecular weight is 261 g/mol. The molecule has 0 aliphatic carbocycles. The largest absolute Gasteiger partial charge is 0.416 e. The van der Waals surface area contributed by atoms with Crippen molar-refractivity contribution in [3.05, 3.63) is 35.4 Å². The van der Waals surface area contributed by atoms with Gasteiger partial charge in [-0.05, 0) is 37.6 Å². The van der Waals surface area contributed by atoms with Crippen molar-refractivity contribution in [2.24, 2.45) is 0 Å². The van der Waals surface area contributed by atoms with Crippen molar-refractivity contribution in [2.45, 2.75) is 32.0 Å². The van der Waals surface area contributed by atoms with Gasteiger partial charge in [0.2, 0.25) is 0 Å². The van der Waals surface area contributed by atoms with Gasteiger partial charge in [0.1, 0.15) is 0 Å². The van der Waals surface area contributed by atoms with Crippen molar-refractivity contribution in [1.29, 1.82) is 0 Å². The van der Waals surface area contributed by atoms with Crippen LogP contribution in [-0.4, -0.2) is 18.3 Å². The highest BCUT2D eigenvalue weighted by Gasteiger charge is 2.33. The zero-order chi connectivity index (χ0) is 13.8. The number of benzene rings is 1. The van der Waals surface area contributed by atoms with E-state index in [4.69, 9.17) is 5.11 Å². The molecule has 1 unspecified atom stereocenters. The van der Waals surface area contributed by atoms with Gasteiger partial charge in [-0.1, -0.05) is 19.1 Å². The molecule has 0 saturated carbocycles. The number of alkyl halides is 3. The summed E-state index contributed by atoms with van der Waals surface area (Å²) in [5, 5.41) is 12.2. The van der Waals surface area contributed by atoms with Gasteiger partial charge in [0, 0.05) is 12.1 Å². The van der Waals surface area contributed by atoms with Crippen LogP contribution in [0.1, 0.15) is 31.4 Å². The first-order valence-electron chi connectivity index (χ1n) is 5.87. The first-order valence-corrected chi connectivity index (χ1v) is 5.87. The summed E-state index contributed by atoms with van der Waals surface area (Å²) in [7, 11) is 0. The highest BCUT2D eigenvalue weighted by atomic mass is 19.4. The first kappa shape index (κ1) is 15.0. The Kier molecular flexibility index (Phi) is 4.76. The molecule has 1 atom stereocenters. The normalized spacial score (nSPS) is 15.4. The standard InChI is InChI=1S/C13H18F3NO/c1-3-17-12(2,7-8-18)10-5-4-6-11(9-10)13(14,15)16/h4-6,9,17-18H,3,7-8H2,1-2H3. The molecule has 0 fully saturated rings. The van der Waals surface area contributed by atoms with Crippen LogP contribution in [-0.2, 0) is 11.7 Å². The molecule has 0 radical (unpaired) electrons. The van der Waals surface area contributed by atoms with E-state index >= 15 is 0 Å². The number of aliphatic hydroxyl groups excluding tert-OH is 1. The van der Waals surface area contributed by atoms with Gasteiger partial charge in [-0.15, -0.1) is 0 Å². The SMILES string of the molecule is CCNC(C)(CCO)c1cccc(C(F)(F)F)c1. The summed E-state index contributed by atoms with van der Waals surface area (Å²) in [6, 6.07) is 5.23. The summed E-state index contributed by atoms with van der Waals surface area (Å²) in [6.07, 6.45) is -3.98. The number of hydrogen-bond acceptors (Lipinski definition) is 2. The van der Waals surface area contributed by atoms with Gasteiger partial charge >= 0.3 is 6.18 Å². The van der Waals surface area contributed by atoms with E-state index in [1.54, 1.807) is 13.0 Å². The minimum Gasteiger partial charge on any atom is -0.396 e. The monoisotopic (exact) mass is 261 g/mol. The van der Waals surface area contributed by atoms with Crippen molar-refractivity contribution in [2.75, 3.05) is 13.2 Å². The van der Waals surface area contributed by atoms with E-state index in [9.17, 15) is 13.2 Å². The molecule has 0 aliphatic heterocycles. The molecule has 2 nitrogen and oxygen atoms in total. The second kappa shape index (κ2) is 5.71. The number of halogens is 3. The van der Waals surface area contributed by atoms with E-state index in [1.165, 1.54) is 6.07 Å². The molecule has 1 aromatic carbocycles. The smallest absolute Gasteiger partial charge is 0.396 e. The van der Waals surface area contributed by atoms with Crippen LogP contribution in [0.4, 0.5) is 13.2 Å².